The third kappa shape index (κ3) is 3.66. The molecular weight excluding hydrogens is 210 g/mol. The molecule has 4 N–H and O–H groups in total. The fraction of sp³-hybridized carbons (Fsp3) is 0.900. The minimum Gasteiger partial charge on any atom is -0.353 e. The summed E-state index contributed by atoms with van der Waals surface area (Å²) in [5, 5.41) is 6.07. The van der Waals surface area contributed by atoms with Crippen LogP contribution in [0, 0.1) is 0 Å². The molecule has 1 aliphatic heterocycles. The number of nitrogens with one attached hydrogen (secondary N) is 2. The fourth-order valence-electron chi connectivity index (χ4n) is 1.45. The minimum atomic E-state index is -0.249. The van der Waals surface area contributed by atoms with Gasteiger partial charge in [-0.2, -0.15) is 0 Å². The van der Waals surface area contributed by atoms with Crippen molar-refractivity contribution in [2.24, 2.45) is 5.73 Å². The zero-order valence-electron chi connectivity index (χ0n) is 9.51. The van der Waals surface area contributed by atoms with Gasteiger partial charge in [-0.25, -0.2) is 0 Å². The van der Waals surface area contributed by atoms with Gasteiger partial charge in [0.2, 0.25) is 5.91 Å². The van der Waals surface area contributed by atoms with Crippen molar-refractivity contribution in [2.45, 2.75) is 38.3 Å². The second kappa shape index (κ2) is 5.72. The van der Waals surface area contributed by atoms with Crippen LogP contribution in [-0.2, 0) is 4.79 Å². The Bertz CT molecular complexity index is 213. The molecule has 0 bridgehead atoms. The monoisotopic (exact) mass is 231 g/mol. The van der Waals surface area contributed by atoms with Crippen molar-refractivity contribution >= 4 is 17.7 Å². The SMILES string of the molecule is CCC(N)(CC)CNC(=O)[C@H]1CSCN1. The first-order chi connectivity index (χ1) is 7.11. The Kier molecular flexibility index (Phi) is 4.89. The maximum Gasteiger partial charge on any atom is 0.238 e. The first-order valence-electron chi connectivity index (χ1n) is 5.49. The fourth-order valence-corrected chi connectivity index (χ4v) is 2.39. The lowest BCUT2D eigenvalue weighted by atomic mass is 9.94. The van der Waals surface area contributed by atoms with Crippen LogP contribution in [0.4, 0.5) is 0 Å². The van der Waals surface area contributed by atoms with E-state index in [9.17, 15) is 4.79 Å². The summed E-state index contributed by atoms with van der Waals surface area (Å²) in [4.78, 5) is 11.7. The zero-order chi connectivity index (χ0) is 11.3. The number of nitrogens with two attached hydrogens (primary N) is 1. The average molecular weight is 231 g/mol. The third-order valence-electron chi connectivity index (χ3n) is 3.06. The standard InChI is InChI=1S/C10H21N3OS/c1-3-10(11,4-2)6-12-9(14)8-5-15-7-13-8/h8,13H,3-7,11H2,1-2H3,(H,12,14)/t8-/m1/s1. The number of carbonyl (C=O) groups is 1. The Labute approximate surface area is 95.7 Å². The lowest BCUT2D eigenvalue weighted by Crippen LogP contribution is -2.52. The molecule has 1 fully saturated rings. The maximum absolute atomic E-state index is 11.7. The Morgan fingerprint density at radius 2 is 2.27 bits per heavy atom. The van der Waals surface area contributed by atoms with Gasteiger partial charge in [-0.15, -0.1) is 11.8 Å². The van der Waals surface area contributed by atoms with Crippen molar-refractivity contribution in [3.8, 4) is 0 Å². The summed E-state index contributed by atoms with van der Waals surface area (Å²) in [6.45, 7) is 4.68. The van der Waals surface area contributed by atoms with Gasteiger partial charge >= 0.3 is 0 Å². The van der Waals surface area contributed by atoms with E-state index in [1.165, 1.54) is 0 Å². The molecule has 5 heteroatoms. The molecule has 0 spiro atoms. The van der Waals surface area contributed by atoms with Crippen LogP contribution in [0.1, 0.15) is 26.7 Å². The highest BCUT2D eigenvalue weighted by Gasteiger charge is 2.25. The molecule has 0 saturated carbocycles. The Hall–Kier alpha value is -0.260. The molecule has 0 aromatic heterocycles. The minimum absolute atomic E-state index is 0.0343. The molecule has 0 aromatic rings. The third-order valence-corrected chi connectivity index (χ3v) is 4.00. The second-order valence-corrected chi connectivity index (χ2v) is 5.09. The van der Waals surface area contributed by atoms with Crippen LogP contribution in [0.2, 0.25) is 0 Å². The van der Waals surface area contributed by atoms with Crippen LogP contribution in [-0.4, -0.2) is 35.7 Å². The molecule has 4 nitrogen and oxygen atoms in total. The van der Waals surface area contributed by atoms with Crippen LogP contribution in [0.3, 0.4) is 0 Å². The topological polar surface area (TPSA) is 67.1 Å². The van der Waals surface area contributed by atoms with Gasteiger partial charge in [-0.05, 0) is 12.8 Å². The number of amides is 1. The van der Waals surface area contributed by atoms with E-state index in [2.05, 4.69) is 24.5 Å². The van der Waals surface area contributed by atoms with Gasteiger partial charge in [0.1, 0.15) is 0 Å². The molecule has 1 heterocycles. The van der Waals surface area contributed by atoms with Crippen molar-refractivity contribution in [3.05, 3.63) is 0 Å². The second-order valence-electron chi connectivity index (χ2n) is 4.06. The lowest BCUT2D eigenvalue weighted by Gasteiger charge is -2.27. The first-order valence-corrected chi connectivity index (χ1v) is 6.64. The van der Waals surface area contributed by atoms with E-state index in [1.807, 2.05) is 0 Å². The molecule has 0 aromatic carbocycles. The summed E-state index contributed by atoms with van der Waals surface area (Å²) in [5.74, 6) is 1.81. The molecule has 0 aliphatic carbocycles. The number of hydrogen-bond acceptors (Lipinski definition) is 4. The average Bonchev–Trinajstić information content (AvgIpc) is 2.79. The van der Waals surface area contributed by atoms with Crippen molar-refractivity contribution in [3.63, 3.8) is 0 Å². The van der Waals surface area contributed by atoms with Crippen LogP contribution >= 0.6 is 11.8 Å². The largest absolute Gasteiger partial charge is 0.353 e. The van der Waals surface area contributed by atoms with Gasteiger partial charge in [-0.1, -0.05) is 13.8 Å². The molecule has 1 amide bonds. The molecule has 0 radical (unpaired) electrons. The van der Waals surface area contributed by atoms with E-state index in [-0.39, 0.29) is 17.5 Å². The molecule has 1 aliphatic rings. The van der Waals surface area contributed by atoms with Crippen molar-refractivity contribution < 1.29 is 4.79 Å². The van der Waals surface area contributed by atoms with Crippen LogP contribution in [0.15, 0.2) is 0 Å². The summed E-state index contributed by atoms with van der Waals surface area (Å²) in [5.41, 5.74) is 5.85. The predicted molar refractivity (Wildman–Crippen MR) is 64.8 cm³/mol. The number of hydrogen-bond donors (Lipinski definition) is 3. The lowest BCUT2D eigenvalue weighted by molar-refractivity contribution is -0.122. The molecule has 1 atom stereocenters. The van der Waals surface area contributed by atoms with Crippen molar-refractivity contribution in [2.75, 3.05) is 18.2 Å². The van der Waals surface area contributed by atoms with Crippen molar-refractivity contribution in [1.29, 1.82) is 0 Å². The highest BCUT2D eigenvalue weighted by Crippen LogP contribution is 2.11. The highest BCUT2D eigenvalue weighted by molar-refractivity contribution is 7.99. The van der Waals surface area contributed by atoms with Crippen LogP contribution < -0.4 is 16.4 Å². The van der Waals surface area contributed by atoms with E-state index in [0.29, 0.717) is 6.54 Å². The Balaban J connectivity index is 2.32. The molecule has 88 valence electrons. The van der Waals surface area contributed by atoms with Gasteiger partial charge in [-0.3, -0.25) is 10.1 Å². The smallest absolute Gasteiger partial charge is 0.238 e. The van der Waals surface area contributed by atoms with Crippen LogP contribution in [0.25, 0.3) is 0 Å². The summed E-state index contributed by atoms with van der Waals surface area (Å²) in [7, 11) is 0. The molecule has 1 saturated heterocycles. The summed E-state index contributed by atoms with van der Waals surface area (Å²) in [6, 6.07) is -0.0343. The maximum atomic E-state index is 11.7. The number of carbonyl (C=O) groups excluding carboxylic acids is 1. The van der Waals surface area contributed by atoms with E-state index in [1.54, 1.807) is 11.8 Å². The van der Waals surface area contributed by atoms with Crippen LogP contribution in [0.5, 0.6) is 0 Å². The zero-order valence-corrected chi connectivity index (χ0v) is 10.3. The Morgan fingerprint density at radius 1 is 1.60 bits per heavy atom. The normalized spacial score (nSPS) is 21.7. The van der Waals surface area contributed by atoms with E-state index in [0.717, 1.165) is 24.5 Å². The summed E-state index contributed by atoms with van der Waals surface area (Å²) in [6.07, 6.45) is 1.77. The summed E-state index contributed by atoms with van der Waals surface area (Å²) >= 11 is 1.75. The van der Waals surface area contributed by atoms with Gasteiger partial charge in [0, 0.05) is 23.7 Å². The molecule has 15 heavy (non-hydrogen) atoms. The van der Waals surface area contributed by atoms with Gasteiger partial charge in [0.05, 0.1) is 6.04 Å². The quantitative estimate of drug-likeness (QED) is 0.636. The molecule has 1 rings (SSSR count). The Morgan fingerprint density at radius 3 is 2.73 bits per heavy atom. The number of thioether (sulfide) groups is 1. The predicted octanol–water partition coefficient (Wildman–Crippen LogP) is 0.283. The van der Waals surface area contributed by atoms with E-state index < -0.39 is 0 Å². The molecular formula is C10H21N3OS. The van der Waals surface area contributed by atoms with E-state index in [4.69, 9.17) is 5.73 Å². The molecule has 0 unspecified atom stereocenters. The van der Waals surface area contributed by atoms with Gasteiger partial charge < -0.3 is 11.1 Å². The van der Waals surface area contributed by atoms with E-state index >= 15 is 0 Å². The van der Waals surface area contributed by atoms with Crippen molar-refractivity contribution in [1.82, 2.24) is 10.6 Å². The summed E-state index contributed by atoms with van der Waals surface area (Å²) < 4.78 is 0. The van der Waals surface area contributed by atoms with Gasteiger partial charge in [0.25, 0.3) is 0 Å². The first kappa shape index (κ1) is 12.8. The highest BCUT2D eigenvalue weighted by atomic mass is 32.2. The van der Waals surface area contributed by atoms with Gasteiger partial charge in [0.15, 0.2) is 0 Å². The number of rotatable bonds is 5.